The van der Waals surface area contributed by atoms with Crippen LogP contribution in [0.3, 0.4) is 0 Å². The van der Waals surface area contributed by atoms with E-state index in [0.29, 0.717) is 0 Å². The molecule has 0 saturated heterocycles. The largest absolute Gasteiger partial charge is 0.443 e. The monoisotopic (exact) mass is 288 g/mol. The molecule has 0 atom stereocenters. The molecule has 1 aromatic carbocycles. The molecule has 0 bridgehead atoms. The minimum Gasteiger partial charge on any atom is -0.443 e. The second-order valence-corrected chi connectivity index (χ2v) is 6.93. The molecule has 1 aromatic rings. The molecule has 0 unspecified atom stereocenters. The maximum absolute atomic E-state index is 12.0. The van der Waals surface area contributed by atoms with Crippen molar-refractivity contribution in [2.75, 3.05) is 11.6 Å². The number of fused-ring (bicyclic) bond motifs is 3. The number of rotatable bonds is 1. The molecule has 1 aliphatic heterocycles. The first kappa shape index (κ1) is 14.2. The Morgan fingerprint density at radius 3 is 2.62 bits per heavy atom. The molecule has 2 aliphatic rings. The van der Waals surface area contributed by atoms with Crippen molar-refractivity contribution in [3.63, 3.8) is 0 Å². The van der Waals surface area contributed by atoms with Gasteiger partial charge in [0.25, 0.3) is 0 Å². The number of hydrogen-bond donors (Lipinski definition) is 1. The van der Waals surface area contributed by atoms with E-state index >= 15 is 0 Å². The summed E-state index contributed by atoms with van der Waals surface area (Å²) in [5.74, 6) is 0. The predicted octanol–water partition coefficient (Wildman–Crippen LogP) is 3.37. The molecule has 1 N–H and O–H groups in total. The summed E-state index contributed by atoms with van der Waals surface area (Å²) in [5, 5.41) is 1.98. The van der Waals surface area contributed by atoms with Gasteiger partial charge in [0.2, 0.25) is 0 Å². The number of benzene rings is 1. The van der Waals surface area contributed by atoms with E-state index in [0.717, 1.165) is 25.8 Å². The minimum absolute atomic E-state index is 0.372. The minimum atomic E-state index is -0.469. The topological polar surface area (TPSA) is 41.6 Å². The molecular formula is C17H24N2O2. The summed E-state index contributed by atoms with van der Waals surface area (Å²) in [7, 11) is 0. The smallest absolute Gasteiger partial charge is 0.426 e. The Labute approximate surface area is 126 Å². The Morgan fingerprint density at radius 1 is 1.14 bits per heavy atom. The Balaban J connectivity index is 1.81. The number of nitrogens with zero attached hydrogens (tertiary/aromatic N) is 1. The van der Waals surface area contributed by atoms with Crippen LogP contribution in [0.1, 0.15) is 50.3 Å². The maximum Gasteiger partial charge on any atom is 0.426 e. The van der Waals surface area contributed by atoms with Gasteiger partial charge in [0.1, 0.15) is 5.60 Å². The van der Waals surface area contributed by atoms with Gasteiger partial charge in [-0.25, -0.2) is 10.2 Å². The molecule has 1 aliphatic carbocycles. The zero-order chi connectivity index (χ0) is 15.0. The van der Waals surface area contributed by atoms with E-state index in [1.165, 1.54) is 35.2 Å². The second kappa shape index (κ2) is 5.24. The summed E-state index contributed by atoms with van der Waals surface area (Å²) in [6.07, 6.45) is 5.39. The van der Waals surface area contributed by atoms with E-state index < -0.39 is 5.60 Å². The number of hydrazine groups is 1. The summed E-state index contributed by atoms with van der Waals surface area (Å²) >= 11 is 0. The van der Waals surface area contributed by atoms with E-state index in [1.807, 2.05) is 25.8 Å². The summed E-state index contributed by atoms with van der Waals surface area (Å²) in [6.45, 7) is 6.47. The molecule has 1 amide bonds. The Morgan fingerprint density at radius 2 is 1.86 bits per heavy atom. The molecule has 1 heterocycles. The van der Waals surface area contributed by atoms with Gasteiger partial charge in [-0.05, 0) is 69.6 Å². The first-order valence-electron chi connectivity index (χ1n) is 7.85. The number of hydrogen-bond acceptors (Lipinski definition) is 3. The summed E-state index contributed by atoms with van der Waals surface area (Å²) < 4.78 is 5.37. The van der Waals surface area contributed by atoms with Crippen molar-refractivity contribution in [2.45, 2.75) is 58.5 Å². The summed E-state index contributed by atoms with van der Waals surface area (Å²) in [4.78, 5) is 12.0. The van der Waals surface area contributed by atoms with Crippen LogP contribution in [0.2, 0.25) is 0 Å². The molecule has 0 spiro atoms. The highest BCUT2D eigenvalue weighted by Crippen LogP contribution is 2.36. The maximum atomic E-state index is 12.0. The van der Waals surface area contributed by atoms with E-state index in [1.54, 1.807) is 0 Å². The van der Waals surface area contributed by atoms with Crippen LogP contribution in [0.15, 0.2) is 12.1 Å². The van der Waals surface area contributed by atoms with E-state index in [-0.39, 0.29) is 6.09 Å². The average molecular weight is 288 g/mol. The van der Waals surface area contributed by atoms with Gasteiger partial charge in [-0.15, -0.1) is 0 Å². The SMILES string of the molecule is CC(C)(C)OC(=O)NN1CCc2ccc3c(c21)CCCC3. The van der Waals surface area contributed by atoms with Crippen LogP contribution >= 0.6 is 0 Å². The van der Waals surface area contributed by atoms with Crippen molar-refractivity contribution >= 4 is 11.8 Å². The Hall–Kier alpha value is -1.71. The van der Waals surface area contributed by atoms with Gasteiger partial charge in [-0.2, -0.15) is 0 Å². The van der Waals surface area contributed by atoms with Gasteiger partial charge < -0.3 is 4.74 Å². The summed E-state index contributed by atoms with van der Waals surface area (Å²) in [6, 6.07) is 4.49. The van der Waals surface area contributed by atoms with Crippen LogP contribution < -0.4 is 10.4 Å². The Bertz CT molecular complexity index is 561. The highest BCUT2D eigenvalue weighted by atomic mass is 16.6. The van der Waals surface area contributed by atoms with E-state index in [2.05, 4.69) is 17.6 Å². The predicted molar refractivity (Wildman–Crippen MR) is 83.5 cm³/mol. The summed E-state index contributed by atoms with van der Waals surface area (Å²) in [5.41, 5.74) is 7.87. The van der Waals surface area contributed by atoms with Crippen LogP contribution in [0.4, 0.5) is 10.5 Å². The number of aryl methyl sites for hydroxylation is 1. The lowest BCUT2D eigenvalue weighted by molar-refractivity contribution is 0.0522. The zero-order valence-electron chi connectivity index (χ0n) is 13.2. The lowest BCUT2D eigenvalue weighted by Crippen LogP contribution is -2.44. The van der Waals surface area contributed by atoms with E-state index in [9.17, 15) is 4.79 Å². The van der Waals surface area contributed by atoms with Gasteiger partial charge in [0.15, 0.2) is 0 Å². The van der Waals surface area contributed by atoms with Crippen molar-refractivity contribution in [2.24, 2.45) is 0 Å². The van der Waals surface area contributed by atoms with Crippen LogP contribution in [-0.4, -0.2) is 18.2 Å². The molecular weight excluding hydrogens is 264 g/mol. The first-order chi connectivity index (χ1) is 9.94. The fourth-order valence-corrected chi connectivity index (χ4v) is 3.26. The van der Waals surface area contributed by atoms with Crippen molar-refractivity contribution in [1.82, 2.24) is 5.43 Å². The highest BCUT2D eigenvalue weighted by molar-refractivity contribution is 5.74. The Kier molecular flexibility index (Phi) is 3.56. The standard InChI is InChI=1S/C17H24N2O2/c1-17(2,3)21-16(20)18-19-11-10-13-9-8-12-6-4-5-7-14(12)15(13)19/h8-9H,4-7,10-11H2,1-3H3,(H,18,20). The van der Waals surface area contributed by atoms with Crippen molar-refractivity contribution in [3.8, 4) is 0 Å². The fraction of sp³-hybridized carbons (Fsp3) is 0.588. The molecule has 0 radical (unpaired) electrons. The van der Waals surface area contributed by atoms with Gasteiger partial charge in [-0.1, -0.05) is 12.1 Å². The van der Waals surface area contributed by atoms with Crippen LogP contribution in [0, 0.1) is 0 Å². The highest BCUT2D eigenvalue weighted by Gasteiger charge is 2.28. The zero-order valence-corrected chi connectivity index (χ0v) is 13.2. The molecule has 3 rings (SSSR count). The molecule has 0 fully saturated rings. The third-order valence-electron chi connectivity index (χ3n) is 4.09. The van der Waals surface area contributed by atoms with Crippen LogP contribution in [-0.2, 0) is 24.0 Å². The van der Waals surface area contributed by atoms with Gasteiger partial charge in [0.05, 0.1) is 5.69 Å². The van der Waals surface area contributed by atoms with Crippen molar-refractivity contribution < 1.29 is 9.53 Å². The third kappa shape index (κ3) is 2.99. The number of carbonyl (C=O) groups excluding carboxylic acids is 1. The number of nitrogens with one attached hydrogen (secondary N) is 1. The first-order valence-corrected chi connectivity index (χ1v) is 7.85. The number of carbonyl (C=O) groups is 1. The number of amides is 1. The normalized spacial score (nSPS) is 17.2. The third-order valence-corrected chi connectivity index (χ3v) is 4.09. The molecule has 4 nitrogen and oxygen atoms in total. The molecule has 0 saturated carbocycles. The van der Waals surface area contributed by atoms with Gasteiger partial charge in [0, 0.05) is 6.54 Å². The molecule has 114 valence electrons. The van der Waals surface area contributed by atoms with Gasteiger partial charge >= 0.3 is 6.09 Å². The fourth-order valence-electron chi connectivity index (χ4n) is 3.26. The van der Waals surface area contributed by atoms with Crippen LogP contribution in [0.25, 0.3) is 0 Å². The van der Waals surface area contributed by atoms with Crippen molar-refractivity contribution in [3.05, 3.63) is 28.8 Å². The average Bonchev–Trinajstić information content (AvgIpc) is 2.80. The van der Waals surface area contributed by atoms with Gasteiger partial charge in [-0.3, -0.25) is 5.01 Å². The van der Waals surface area contributed by atoms with Crippen molar-refractivity contribution in [1.29, 1.82) is 0 Å². The number of ether oxygens (including phenoxy) is 1. The quantitative estimate of drug-likeness (QED) is 0.861. The van der Waals surface area contributed by atoms with E-state index in [4.69, 9.17) is 4.74 Å². The lowest BCUT2D eigenvalue weighted by Gasteiger charge is -2.28. The molecule has 0 aromatic heterocycles. The second-order valence-electron chi connectivity index (χ2n) is 6.93. The molecule has 4 heteroatoms. The van der Waals surface area contributed by atoms with Crippen LogP contribution in [0.5, 0.6) is 0 Å². The number of anilines is 1. The lowest BCUT2D eigenvalue weighted by atomic mass is 9.89. The molecule has 21 heavy (non-hydrogen) atoms.